The van der Waals surface area contributed by atoms with Gasteiger partial charge in [-0.05, 0) is 29.5 Å². The Morgan fingerprint density at radius 2 is 2.03 bits per heavy atom. The predicted molar refractivity (Wildman–Crippen MR) is 110 cm³/mol. The minimum atomic E-state index is -0.121. The van der Waals surface area contributed by atoms with Crippen molar-refractivity contribution in [1.82, 2.24) is 24.1 Å². The van der Waals surface area contributed by atoms with Gasteiger partial charge in [-0.2, -0.15) is 9.50 Å². The molecule has 0 saturated heterocycles. The molecule has 8 nitrogen and oxygen atoms in total. The van der Waals surface area contributed by atoms with Crippen LogP contribution in [0.15, 0.2) is 46.6 Å². The van der Waals surface area contributed by atoms with Gasteiger partial charge in [0.15, 0.2) is 11.5 Å². The van der Waals surface area contributed by atoms with Gasteiger partial charge < -0.3 is 14.0 Å². The Hall–Kier alpha value is -3.07. The third kappa shape index (κ3) is 3.31. The normalized spacial score (nSPS) is 13.7. The van der Waals surface area contributed by atoms with Crippen LogP contribution in [0.3, 0.4) is 0 Å². The Kier molecular flexibility index (Phi) is 4.59. The molecule has 0 atom stereocenters. The topological polar surface area (TPSA) is 83.5 Å². The number of hydrogen-bond donors (Lipinski definition) is 0. The van der Waals surface area contributed by atoms with Crippen molar-refractivity contribution in [2.75, 3.05) is 19.0 Å². The predicted octanol–water partition coefficient (Wildman–Crippen LogP) is 2.76. The van der Waals surface area contributed by atoms with Gasteiger partial charge in [0.1, 0.15) is 0 Å². The van der Waals surface area contributed by atoms with Gasteiger partial charge in [-0.25, -0.2) is 4.98 Å². The second-order valence-electron chi connectivity index (χ2n) is 6.68. The van der Waals surface area contributed by atoms with E-state index in [1.807, 2.05) is 31.2 Å². The summed E-state index contributed by atoms with van der Waals surface area (Å²) in [6.45, 7) is 3.75. The van der Waals surface area contributed by atoms with E-state index < -0.39 is 0 Å². The first-order valence-corrected chi connectivity index (χ1v) is 10.5. The van der Waals surface area contributed by atoms with Crippen molar-refractivity contribution in [3.8, 4) is 11.5 Å². The summed E-state index contributed by atoms with van der Waals surface area (Å²) < 4.78 is 14.7. The zero-order chi connectivity index (χ0) is 19.8. The molecule has 0 spiro atoms. The van der Waals surface area contributed by atoms with Crippen LogP contribution in [0.5, 0.6) is 11.5 Å². The molecule has 29 heavy (non-hydrogen) atoms. The SMILES string of the molecule is CCSc1nc2ncc3c(=O)n(Cc4ccc5c(c4)OCCCO5)ccc3n2n1. The summed E-state index contributed by atoms with van der Waals surface area (Å²) in [5.41, 5.74) is 1.54. The maximum atomic E-state index is 13.1. The summed E-state index contributed by atoms with van der Waals surface area (Å²) in [6.07, 6.45) is 4.21. The van der Waals surface area contributed by atoms with Crippen molar-refractivity contribution in [2.45, 2.75) is 25.0 Å². The maximum absolute atomic E-state index is 13.1. The van der Waals surface area contributed by atoms with Gasteiger partial charge in [-0.15, -0.1) is 5.10 Å². The highest BCUT2D eigenvalue weighted by atomic mass is 32.2. The molecule has 0 N–H and O–H groups in total. The fourth-order valence-corrected chi connectivity index (χ4v) is 3.90. The van der Waals surface area contributed by atoms with E-state index in [1.165, 1.54) is 0 Å². The Labute approximate surface area is 170 Å². The Balaban J connectivity index is 1.52. The Morgan fingerprint density at radius 1 is 1.17 bits per heavy atom. The van der Waals surface area contributed by atoms with Gasteiger partial charge >= 0.3 is 0 Å². The molecule has 5 rings (SSSR count). The van der Waals surface area contributed by atoms with Crippen molar-refractivity contribution in [3.05, 3.63) is 52.6 Å². The summed E-state index contributed by atoms with van der Waals surface area (Å²) in [7, 11) is 0. The van der Waals surface area contributed by atoms with Crippen LogP contribution in [0.25, 0.3) is 16.7 Å². The van der Waals surface area contributed by atoms with Crippen LogP contribution in [-0.4, -0.2) is 43.1 Å². The lowest BCUT2D eigenvalue weighted by atomic mass is 10.2. The number of ether oxygens (including phenoxy) is 2. The van der Waals surface area contributed by atoms with E-state index in [0.29, 0.717) is 41.6 Å². The third-order valence-corrected chi connectivity index (χ3v) is 5.45. The molecule has 0 bridgehead atoms. The number of rotatable bonds is 4. The number of aromatic nitrogens is 5. The van der Waals surface area contributed by atoms with Crippen molar-refractivity contribution >= 4 is 28.4 Å². The first-order valence-electron chi connectivity index (χ1n) is 9.49. The molecule has 1 aliphatic heterocycles. The number of fused-ring (bicyclic) bond motifs is 4. The largest absolute Gasteiger partial charge is 0.490 e. The lowest BCUT2D eigenvalue weighted by Gasteiger charge is -2.11. The van der Waals surface area contributed by atoms with Crippen molar-refractivity contribution in [3.63, 3.8) is 0 Å². The molecule has 1 aromatic carbocycles. The number of pyridine rings is 1. The monoisotopic (exact) mass is 409 g/mol. The molecule has 0 saturated carbocycles. The van der Waals surface area contributed by atoms with E-state index in [1.54, 1.807) is 33.2 Å². The lowest BCUT2D eigenvalue weighted by Crippen LogP contribution is -2.21. The van der Waals surface area contributed by atoms with Crippen molar-refractivity contribution < 1.29 is 9.47 Å². The summed E-state index contributed by atoms with van der Waals surface area (Å²) in [4.78, 5) is 21.8. The number of thioether (sulfide) groups is 1. The molecule has 3 aromatic heterocycles. The molecule has 0 fully saturated rings. The summed E-state index contributed by atoms with van der Waals surface area (Å²) in [6, 6.07) is 7.67. The summed E-state index contributed by atoms with van der Waals surface area (Å²) >= 11 is 1.54. The first kappa shape index (κ1) is 18.0. The van der Waals surface area contributed by atoms with Gasteiger partial charge in [-0.1, -0.05) is 24.8 Å². The standard InChI is InChI=1S/C20H19N5O3S/c1-2-29-20-22-19-21-11-14-15(25(19)23-20)6-7-24(18(14)26)12-13-4-5-16-17(10-13)28-9-3-8-27-16/h4-7,10-11H,2-3,8-9,12H2,1H3. The molecule has 0 aliphatic carbocycles. The zero-order valence-electron chi connectivity index (χ0n) is 15.9. The van der Waals surface area contributed by atoms with Crippen LogP contribution >= 0.6 is 11.8 Å². The van der Waals surface area contributed by atoms with Gasteiger partial charge in [0.2, 0.25) is 5.16 Å². The maximum Gasteiger partial charge on any atom is 0.261 e. The van der Waals surface area contributed by atoms with E-state index in [4.69, 9.17) is 9.47 Å². The molecular formula is C20H19N5O3S. The molecule has 0 amide bonds. The molecule has 1 aliphatic rings. The average molecular weight is 409 g/mol. The highest BCUT2D eigenvalue weighted by molar-refractivity contribution is 7.99. The van der Waals surface area contributed by atoms with Crippen LogP contribution in [-0.2, 0) is 6.54 Å². The molecule has 4 heterocycles. The third-order valence-electron chi connectivity index (χ3n) is 4.73. The van der Waals surface area contributed by atoms with Crippen LogP contribution in [0.1, 0.15) is 18.9 Å². The fourth-order valence-electron chi connectivity index (χ4n) is 3.36. The van der Waals surface area contributed by atoms with E-state index in [0.717, 1.165) is 29.2 Å². The quantitative estimate of drug-likeness (QED) is 0.479. The Bertz CT molecular complexity index is 1270. The van der Waals surface area contributed by atoms with E-state index in [9.17, 15) is 4.79 Å². The molecular weight excluding hydrogens is 390 g/mol. The number of nitrogens with zero attached hydrogens (tertiary/aromatic N) is 5. The number of hydrogen-bond acceptors (Lipinski definition) is 7. The van der Waals surface area contributed by atoms with Gasteiger partial charge in [0.25, 0.3) is 11.3 Å². The second-order valence-corrected chi connectivity index (χ2v) is 7.91. The van der Waals surface area contributed by atoms with Gasteiger partial charge in [-0.3, -0.25) is 4.79 Å². The van der Waals surface area contributed by atoms with E-state index >= 15 is 0 Å². The van der Waals surface area contributed by atoms with Gasteiger partial charge in [0, 0.05) is 18.8 Å². The number of benzene rings is 1. The van der Waals surface area contributed by atoms with Crippen molar-refractivity contribution in [2.24, 2.45) is 0 Å². The van der Waals surface area contributed by atoms with Crippen LogP contribution in [0.2, 0.25) is 0 Å². The second kappa shape index (κ2) is 7.40. The average Bonchev–Trinajstić information content (AvgIpc) is 2.99. The summed E-state index contributed by atoms with van der Waals surface area (Å²) in [5, 5.41) is 5.63. The minimum absolute atomic E-state index is 0.121. The smallest absolute Gasteiger partial charge is 0.261 e. The molecule has 0 radical (unpaired) electrons. The Morgan fingerprint density at radius 3 is 2.90 bits per heavy atom. The zero-order valence-corrected chi connectivity index (χ0v) is 16.7. The van der Waals surface area contributed by atoms with Crippen LogP contribution in [0, 0.1) is 0 Å². The van der Waals surface area contributed by atoms with Gasteiger partial charge in [0.05, 0.1) is 30.7 Å². The highest BCUT2D eigenvalue weighted by Crippen LogP contribution is 2.30. The summed E-state index contributed by atoms with van der Waals surface area (Å²) in [5.74, 6) is 2.84. The minimum Gasteiger partial charge on any atom is -0.490 e. The molecule has 9 heteroatoms. The highest BCUT2D eigenvalue weighted by Gasteiger charge is 2.14. The van der Waals surface area contributed by atoms with Crippen molar-refractivity contribution in [1.29, 1.82) is 0 Å². The van der Waals surface area contributed by atoms with E-state index in [2.05, 4.69) is 15.1 Å². The molecule has 148 valence electrons. The first-order chi connectivity index (χ1) is 14.2. The van der Waals surface area contributed by atoms with Crippen LogP contribution in [0.4, 0.5) is 0 Å². The van der Waals surface area contributed by atoms with E-state index in [-0.39, 0.29) is 5.56 Å². The molecule has 0 unspecified atom stereocenters. The lowest BCUT2D eigenvalue weighted by molar-refractivity contribution is 0.297. The fraction of sp³-hybridized carbons (Fsp3) is 0.300. The molecule has 4 aromatic rings. The van der Waals surface area contributed by atoms with Crippen LogP contribution < -0.4 is 15.0 Å².